The summed E-state index contributed by atoms with van der Waals surface area (Å²) in [7, 11) is 1.16. The third-order valence-electron chi connectivity index (χ3n) is 2.73. The second-order valence-corrected chi connectivity index (χ2v) is 4.04. The number of carbonyl (C=O) groups is 2. The molecule has 106 valence electrons. The maximum atomic E-state index is 12.5. The number of carboxylic acid groups (broad SMARTS) is 1. The highest BCUT2D eigenvalue weighted by Gasteiger charge is 2.41. The van der Waals surface area contributed by atoms with Crippen LogP contribution < -0.4 is 5.73 Å². The standard InChI is InChI=1S/C10H17F3N2O3/c1-6(9(17)18)15(2)8(16)5-7(3-4-14)10(11,12)13/h6-7H,3-5,14H2,1-2H3,(H,17,18). The van der Waals surface area contributed by atoms with Crippen molar-refractivity contribution in [3.63, 3.8) is 0 Å². The molecule has 2 atom stereocenters. The number of alkyl halides is 3. The molecule has 18 heavy (non-hydrogen) atoms. The van der Waals surface area contributed by atoms with Gasteiger partial charge in [0, 0.05) is 13.5 Å². The highest BCUT2D eigenvalue weighted by Crippen LogP contribution is 2.31. The van der Waals surface area contributed by atoms with Gasteiger partial charge in [-0.25, -0.2) is 4.79 Å². The number of nitrogens with two attached hydrogens (primary N) is 1. The first-order chi connectivity index (χ1) is 8.11. The molecule has 0 bridgehead atoms. The summed E-state index contributed by atoms with van der Waals surface area (Å²) in [5.74, 6) is -3.97. The maximum absolute atomic E-state index is 12.5. The van der Waals surface area contributed by atoms with E-state index in [-0.39, 0.29) is 13.0 Å². The van der Waals surface area contributed by atoms with Crippen molar-refractivity contribution in [3.8, 4) is 0 Å². The van der Waals surface area contributed by atoms with Gasteiger partial charge in [0.1, 0.15) is 6.04 Å². The van der Waals surface area contributed by atoms with Crippen molar-refractivity contribution < 1.29 is 27.9 Å². The molecule has 0 fully saturated rings. The molecule has 0 aromatic rings. The Hall–Kier alpha value is -1.31. The molecule has 0 aliphatic carbocycles. The quantitative estimate of drug-likeness (QED) is 0.749. The SMILES string of the molecule is CC(C(=O)O)N(C)C(=O)CC(CCN)C(F)(F)F. The highest BCUT2D eigenvalue weighted by molar-refractivity contribution is 5.83. The minimum absolute atomic E-state index is 0.185. The van der Waals surface area contributed by atoms with Crippen molar-refractivity contribution in [1.29, 1.82) is 0 Å². The van der Waals surface area contributed by atoms with Crippen LogP contribution in [0, 0.1) is 5.92 Å². The molecule has 0 saturated heterocycles. The number of likely N-dealkylation sites (N-methyl/N-ethyl adjacent to an activating group) is 1. The zero-order valence-corrected chi connectivity index (χ0v) is 10.2. The molecule has 3 N–H and O–H groups in total. The second-order valence-electron chi connectivity index (χ2n) is 4.04. The zero-order valence-electron chi connectivity index (χ0n) is 10.2. The molecule has 0 aliphatic rings. The lowest BCUT2D eigenvalue weighted by atomic mass is 10.00. The van der Waals surface area contributed by atoms with Crippen LogP contribution in [0.2, 0.25) is 0 Å². The maximum Gasteiger partial charge on any atom is 0.392 e. The lowest BCUT2D eigenvalue weighted by Gasteiger charge is -2.25. The number of aliphatic carboxylic acids is 1. The fourth-order valence-electron chi connectivity index (χ4n) is 1.32. The topological polar surface area (TPSA) is 83.6 Å². The van der Waals surface area contributed by atoms with Crippen LogP contribution in [0.5, 0.6) is 0 Å². The smallest absolute Gasteiger partial charge is 0.392 e. The van der Waals surface area contributed by atoms with Crippen LogP contribution in [0.3, 0.4) is 0 Å². The predicted molar refractivity (Wildman–Crippen MR) is 57.7 cm³/mol. The first-order valence-corrected chi connectivity index (χ1v) is 5.36. The van der Waals surface area contributed by atoms with Gasteiger partial charge < -0.3 is 15.7 Å². The largest absolute Gasteiger partial charge is 0.480 e. The Bertz CT molecular complexity index is 307. The van der Waals surface area contributed by atoms with Crippen molar-refractivity contribution >= 4 is 11.9 Å². The third-order valence-corrected chi connectivity index (χ3v) is 2.73. The van der Waals surface area contributed by atoms with E-state index in [0.29, 0.717) is 0 Å². The molecule has 0 aromatic carbocycles. The molecular formula is C10H17F3N2O3. The predicted octanol–water partition coefficient (Wildman–Crippen LogP) is 0.835. The Morgan fingerprint density at radius 3 is 2.22 bits per heavy atom. The number of carbonyl (C=O) groups excluding carboxylic acids is 1. The van der Waals surface area contributed by atoms with Crippen LogP contribution in [-0.4, -0.2) is 47.7 Å². The van der Waals surface area contributed by atoms with Gasteiger partial charge in [-0.3, -0.25) is 4.79 Å². The Balaban J connectivity index is 4.65. The van der Waals surface area contributed by atoms with Gasteiger partial charge >= 0.3 is 12.1 Å². The van der Waals surface area contributed by atoms with Crippen LogP contribution in [0.4, 0.5) is 13.2 Å². The summed E-state index contributed by atoms with van der Waals surface area (Å²) in [4.78, 5) is 22.9. The number of halogens is 3. The molecule has 0 heterocycles. The van der Waals surface area contributed by atoms with Gasteiger partial charge in [-0.15, -0.1) is 0 Å². The monoisotopic (exact) mass is 270 g/mol. The van der Waals surface area contributed by atoms with Crippen molar-refractivity contribution in [2.24, 2.45) is 11.7 Å². The summed E-state index contributed by atoms with van der Waals surface area (Å²) in [6.45, 7) is 1.04. The van der Waals surface area contributed by atoms with Crippen LogP contribution >= 0.6 is 0 Å². The van der Waals surface area contributed by atoms with E-state index in [2.05, 4.69) is 0 Å². The summed E-state index contributed by atoms with van der Waals surface area (Å²) < 4.78 is 37.6. The molecule has 5 nitrogen and oxygen atoms in total. The van der Waals surface area contributed by atoms with Gasteiger partial charge in [0.25, 0.3) is 0 Å². The van der Waals surface area contributed by atoms with Crippen molar-refractivity contribution in [2.45, 2.75) is 32.0 Å². The van der Waals surface area contributed by atoms with Crippen LogP contribution in [0.15, 0.2) is 0 Å². The van der Waals surface area contributed by atoms with Crippen LogP contribution in [0.1, 0.15) is 19.8 Å². The van der Waals surface area contributed by atoms with E-state index in [1.807, 2.05) is 0 Å². The molecule has 0 saturated carbocycles. The summed E-state index contributed by atoms with van der Waals surface area (Å²) in [5.41, 5.74) is 5.07. The third kappa shape index (κ3) is 4.91. The van der Waals surface area contributed by atoms with E-state index in [0.717, 1.165) is 11.9 Å². The Morgan fingerprint density at radius 1 is 1.39 bits per heavy atom. The van der Waals surface area contributed by atoms with Crippen LogP contribution in [-0.2, 0) is 9.59 Å². The number of nitrogens with zero attached hydrogens (tertiary/aromatic N) is 1. The fraction of sp³-hybridized carbons (Fsp3) is 0.800. The van der Waals surface area contributed by atoms with Gasteiger partial charge in [-0.05, 0) is 19.9 Å². The van der Waals surface area contributed by atoms with E-state index in [1.54, 1.807) is 0 Å². The van der Waals surface area contributed by atoms with E-state index in [9.17, 15) is 22.8 Å². The molecule has 0 aromatic heterocycles. The van der Waals surface area contributed by atoms with E-state index in [1.165, 1.54) is 6.92 Å². The zero-order chi connectivity index (χ0) is 14.5. The molecular weight excluding hydrogens is 253 g/mol. The normalized spacial score (nSPS) is 15.0. The lowest BCUT2D eigenvalue weighted by Crippen LogP contribution is -2.42. The van der Waals surface area contributed by atoms with Gasteiger partial charge in [-0.1, -0.05) is 0 Å². The minimum Gasteiger partial charge on any atom is -0.480 e. The van der Waals surface area contributed by atoms with E-state index < -0.39 is 36.4 Å². The van der Waals surface area contributed by atoms with Crippen molar-refractivity contribution in [2.75, 3.05) is 13.6 Å². The fourth-order valence-corrected chi connectivity index (χ4v) is 1.32. The van der Waals surface area contributed by atoms with Gasteiger partial charge in [0.05, 0.1) is 5.92 Å². The number of hydrogen-bond donors (Lipinski definition) is 2. The molecule has 0 aliphatic heterocycles. The van der Waals surface area contributed by atoms with Gasteiger partial charge in [0.2, 0.25) is 5.91 Å². The number of amides is 1. The Labute approximate surface area is 103 Å². The summed E-state index contributed by atoms with van der Waals surface area (Å²) in [5, 5.41) is 8.66. The van der Waals surface area contributed by atoms with E-state index >= 15 is 0 Å². The minimum atomic E-state index is -4.51. The first-order valence-electron chi connectivity index (χ1n) is 5.36. The lowest BCUT2D eigenvalue weighted by molar-refractivity contribution is -0.182. The Morgan fingerprint density at radius 2 is 1.89 bits per heavy atom. The Kier molecular flexibility index (Phi) is 6.10. The van der Waals surface area contributed by atoms with Crippen molar-refractivity contribution in [3.05, 3.63) is 0 Å². The average molecular weight is 270 g/mol. The van der Waals surface area contributed by atoms with Crippen molar-refractivity contribution in [1.82, 2.24) is 4.90 Å². The summed E-state index contributed by atoms with van der Waals surface area (Å²) >= 11 is 0. The highest BCUT2D eigenvalue weighted by atomic mass is 19.4. The molecule has 8 heteroatoms. The van der Waals surface area contributed by atoms with Gasteiger partial charge in [0.15, 0.2) is 0 Å². The molecule has 2 unspecified atom stereocenters. The number of carboxylic acids is 1. The molecule has 0 spiro atoms. The summed E-state index contributed by atoms with van der Waals surface area (Å²) in [6.07, 6.45) is -5.65. The number of rotatable bonds is 6. The molecule has 1 amide bonds. The number of hydrogen-bond acceptors (Lipinski definition) is 3. The molecule has 0 radical (unpaired) electrons. The summed E-state index contributed by atoms with van der Waals surface area (Å²) in [6, 6.07) is -1.16. The van der Waals surface area contributed by atoms with Gasteiger partial charge in [-0.2, -0.15) is 13.2 Å². The second kappa shape index (κ2) is 6.58. The van der Waals surface area contributed by atoms with E-state index in [4.69, 9.17) is 10.8 Å². The molecule has 0 rings (SSSR count). The first kappa shape index (κ1) is 16.7. The average Bonchev–Trinajstić information content (AvgIpc) is 2.24. The van der Waals surface area contributed by atoms with Crippen LogP contribution in [0.25, 0.3) is 0 Å².